The lowest BCUT2D eigenvalue weighted by Crippen LogP contribution is -2.29. The van der Waals surface area contributed by atoms with Crippen molar-refractivity contribution in [2.24, 2.45) is 0 Å². The van der Waals surface area contributed by atoms with Gasteiger partial charge in [0.25, 0.3) is 0 Å². The molecule has 10 nitrogen and oxygen atoms in total. The first kappa shape index (κ1) is 35.4. The maximum Gasteiger partial charge on any atom is 0.469 e. The summed E-state index contributed by atoms with van der Waals surface area (Å²) in [5, 5.41) is 19.7. The van der Waals surface area contributed by atoms with Crippen LogP contribution in [0.5, 0.6) is 0 Å². The van der Waals surface area contributed by atoms with Gasteiger partial charge in [-0.25, -0.2) is 4.57 Å². The first-order chi connectivity index (χ1) is 18.0. The Labute approximate surface area is 224 Å². The Morgan fingerprint density at radius 2 is 1.58 bits per heavy atom. The molecule has 0 bridgehead atoms. The summed E-state index contributed by atoms with van der Waals surface area (Å²) in [6, 6.07) is 0. The highest BCUT2D eigenvalue weighted by atomic mass is 31.2. The Balaban J connectivity index is 4.20. The van der Waals surface area contributed by atoms with Crippen LogP contribution in [-0.2, 0) is 28.2 Å². The average molecular weight is 557 g/mol. The van der Waals surface area contributed by atoms with Crippen LogP contribution in [0.3, 0.4) is 0 Å². The van der Waals surface area contributed by atoms with Crippen molar-refractivity contribution in [3.05, 3.63) is 72.9 Å². The number of phosphoric acid groups is 1. The van der Waals surface area contributed by atoms with Gasteiger partial charge in [0, 0.05) is 13.3 Å². The van der Waals surface area contributed by atoms with E-state index >= 15 is 0 Å². The molecule has 0 unspecified atom stereocenters. The van der Waals surface area contributed by atoms with Gasteiger partial charge in [0.1, 0.15) is 6.61 Å². The predicted octanol–water partition coefficient (Wildman–Crippen LogP) is 3.99. The van der Waals surface area contributed by atoms with E-state index in [0.717, 1.165) is 13.3 Å². The minimum Gasteiger partial charge on any atom is -0.462 e. The molecule has 0 aliphatic heterocycles. The molecule has 0 aromatic rings. The van der Waals surface area contributed by atoms with Gasteiger partial charge in [0.2, 0.25) is 0 Å². The normalized spacial score (nSPS) is 15.4. The molecule has 214 valence electrons. The van der Waals surface area contributed by atoms with Crippen LogP contribution in [0.2, 0.25) is 0 Å². The van der Waals surface area contributed by atoms with Crippen LogP contribution in [-0.4, -0.2) is 63.5 Å². The fourth-order valence-electron chi connectivity index (χ4n) is 2.66. The van der Waals surface area contributed by atoms with Crippen molar-refractivity contribution in [2.45, 2.75) is 70.7 Å². The monoisotopic (exact) mass is 556 g/mol. The molecule has 0 aromatic carbocycles. The summed E-state index contributed by atoms with van der Waals surface area (Å²) in [5.41, 5.74) is 0. The van der Waals surface area contributed by atoms with Gasteiger partial charge < -0.3 is 29.5 Å². The van der Waals surface area contributed by atoms with E-state index in [-0.39, 0.29) is 13.0 Å². The van der Waals surface area contributed by atoms with Gasteiger partial charge in [-0.05, 0) is 32.1 Å². The molecule has 0 spiro atoms. The third kappa shape index (κ3) is 25.1. The van der Waals surface area contributed by atoms with E-state index < -0.39 is 44.7 Å². The highest BCUT2D eigenvalue weighted by Gasteiger charge is 2.22. The van der Waals surface area contributed by atoms with Crippen LogP contribution in [0.15, 0.2) is 72.9 Å². The smallest absolute Gasteiger partial charge is 0.462 e. The largest absolute Gasteiger partial charge is 0.469 e. The van der Waals surface area contributed by atoms with Crippen LogP contribution in [0.1, 0.15) is 52.4 Å². The SMILES string of the molecule is CC/C=C\C[C@H](O)/C=C/C=C\C/C=C\C=C\[C@H](O)/C=C\CCCC(=O)O[C@H](COC(C)=O)COP(=O)(O)O. The fraction of sp³-hybridized carbons (Fsp3) is 0.481. The minimum absolute atomic E-state index is 0.0169. The van der Waals surface area contributed by atoms with Crippen molar-refractivity contribution in [1.82, 2.24) is 0 Å². The van der Waals surface area contributed by atoms with Gasteiger partial charge in [-0.15, -0.1) is 0 Å². The lowest BCUT2D eigenvalue weighted by molar-refractivity contribution is -0.160. The topological polar surface area (TPSA) is 160 Å². The summed E-state index contributed by atoms with van der Waals surface area (Å²) in [6.45, 7) is 2.19. The first-order valence-corrected chi connectivity index (χ1v) is 13.9. The highest BCUT2D eigenvalue weighted by molar-refractivity contribution is 7.46. The number of phosphoric ester groups is 1. The van der Waals surface area contributed by atoms with E-state index in [4.69, 9.17) is 19.3 Å². The molecule has 0 saturated carbocycles. The van der Waals surface area contributed by atoms with Crippen LogP contribution >= 0.6 is 7.82 Å². The van der Waals surface area contributed by atoms with E-state index in [1.54, 1.807) is 30.4 Å². The number of hydrogen-bond donors (Lipinski definition) is 4. The molecule has 11 heteroatoms. The number of allylic oxidation sites excluding steroid dienone is 8. The van der Waals surface area contributed by atoms with Crippen molar-refractivity contribution in [1.29, 1.82) is 0 Å². The molecule has 0 heterocycles. The van der Waals surface area contributed by atoms with E-state index in [1.807, 2.05) is 49.5 Å². The molecule has 4 N–H and O–H groups in total. The zero-order valence-electron chi connectivity index (χ0n) is 22.0. The van der Waals surface area contributed by atoms with E-state index in [2.05, 4.69) is 4.52 Å². The van der Waals surface area contributed by atoms with Crippen LogP contribution in [0.4, 0.5) is 0 Å². The van der Waals surface area contributed by atoms with Crippen LogP contribution in [0, 0.1) is 0 Å². The van der Waals surface area contributed by atoms with Crippen molar-refractivity contribution in [3.8, 4) is 0 Å². The Morgan fingerprint density at radius 1 is 0.895 bits per heavy atom. The zero-order valence-corrected chi connectivity index (χ0v) is 22.9. The maximum atomic E-state index is 12.0. The number of carbonyl (C=O) groups is 2. The number of hydrogen-bond acceptors (Lipinski definition) is 8. The molecule has 3 atom stereocenters. The number of unbranched alkanes of at least 4 members (excludes halogenated alkanes) is 1. The fourth-order valence-corrected chi connectivity index (χ4v) is 3.02. The summed E-state index contributed by atoms with van der Waals surface area (Å²) >= 11 is 0. The Hall–Kier alpha value is -2.59. The molecule has 0 amide bonds. The molecule has 0 aromatic heterocycles. The molecule has 38 heavy (non-hydrogen) atoms. The third-order valence-electron chi connectivity index (χ3n) is 4.47. The molecule has 0 aliphatic rings. The molecule has 0 aliphatic carbocycles. The third-order valence-corrected chi connectivity index (χ3v) is 4.96. The van der Waals surface area contributed by atoms with Crippen LogP contribution in [0.25, 0.3) is 0 Å². The second-order valence-corrected chi connectivity index (χ2v) is 9.30. The predicted molar refractivity (Wildman–Crippen MR) is 145 cm³/mol. The molecular weight excluding hydrogens is 515 g/mol. The van der Waals surface area contributed by atoms with E-state index in [1.165, 1.54) is 0 Å². The number of aliphatic hydroxyl groups is 2. The minimum atomic E-state index is -4.76. The summed E-state index contributed by atoms with van der Waals surface area (Å²) in [4.78, 5) is 40.4. The quantitative estimate of drug-likeness (QED) is 0.0568. The van der Waals surface area contributed by atoms with E-state index in [0.29, 0.717) is 25.7 Å². The molecule has 0 fully saturated rings. The number of carbonyl (C=O) groups excluding carboxylic acids is 2. The summed E-state index contributed by atoms with van der Waals surface area (Å²) in [7, 11) is -4.76. The first-order valence-electron chi connectivity index (χ1n) is 12.4. The van der Waals surface area contributed by atoms with Gasteiger partial charge in [0.05, 0.1) is 18.8 Å². The van der Waals surface area contributed by atoms with Gasteiger partial charge in [-0.3, -0.25) is 14.1 Å². The Morgan fingerprint density at radius 3 is 2.21 bits per heavy atom. The van der Waals surface area contributed by atoms with Crippen molar-refractivity contribution in [3.63, 3.8) is 0 Å². The summed E-state index contributed by atoms with van der Waals surface area (Å²) in [5.74, 6) is -1.27. The zero-order chi connectivity index (χ0) is 28.7. The van der Waals surface area contributed by atoms with Crippen LogP contribution < -0.4 is 0 Å². The highest BCUT2D eigenvalue weighted by Crippen LogP contribution is 2.35. The number of rotatable bonds is 20. The molecule has 0 rings (SSSR count). The molecule has 0 radical (unpaired) electrons. The lowest BCUT2D eigenvalue weighted by Gasteiger charge is -2.17. The summed E-state index contributed by atoms with van der Waals surface area (Å²) in [6.07, 6.45) is 22.5. The summed E-state index contributed by atoms with van der Waals surface area (Å²) < 4.78 is 24.9. The number of esters is 2. The standard InChI is InChI=1S/C27H41O10P/c1-3-4-11-16-24(29)17-12-8-6-5-7-9-13-18-25(30)19-14-10-15-20-27(31)37-26(21-35-23(2)28)22-36-38(32,33)34/h4,6-9,11-14,17-19,24-26,29-30H,3,5,10,15-16,20-22H2,1-2H3,(H2,32,33,34)/b8-6-,9-7-,11-4-,17-12+,18-13+,19-14-/t24-,25-,26+/m0/s1. The number of ether oxygens (including phenoxy) is 2. The average Bonchev–Trinajstić information content (AvgIpc) is 2.84. The van der Waals surface area contributed by atoms with Gasteiger partial charge >= 0.3 is 19.8 Å². The molecular formula is C27H41O10P. The second kappa shape index (κ2) is 22.4. The van der Waals surface area contributed by atoms with Gasteiger partial charge in [-0.2, -0.15) is 0 Å². The van der Waals surface area contributed by atoms with Gasteiger partial charge in [0.15, 0.2) is 6.10 Å². The van der Waals surface area contributed by atoms with E-state index in [9.17, 15) is 24.4 Å². The lowest BCUT2D eigenvalue weighted by atomic mass is 10.2. The second-order valence-electron chi connectivity index (χ2n) is 8.06. The van der Waals surface area contributed by atoms with Gasteiger partial charge in [-0.1, -0.05) is 79.8 Å². The Kier molecular flexibility index (Phi) is 20.9. The van der Waals surface area contributed by atoms with Crippen molar-refractivity contribution < 1.29 is 48.2 Å². The van der Waals surface area contributed by atoms with Crippen molar-refractivity contribution in [2.75, 3.05) is 13.2 Å². The molecule has 0 saturated heterocycles. The number of aliphatic hydroxyl groups excluding tert-OH is 2. The Bertz CT molecular complexity index is 882. The maximum absolute atomic E-state index is 12.0. The van der Waals surface area contributed by atoms with Crippen molar-refractivity contribution >= 4 is 19.8 Å².